The number of nitrogens with zero attached hydrogens (tertiary/aromatic N) is 3. The molecule has 3 rings (SSSR count). The lowest BCUT2D eigenvalue weighted by molar-refractivity contribution is -0.117. The first kappa shape index (κ1) is 21.0. The molecule has 0 aliphatic heterocycles. The molecule has 9 heteroatoms. The fraction of sp³-hybridized carbons (Fsp3) is 0.250. The summed E-state index contributed by atoms with van der Waals surface area (Å²) in [6, 6.07) is 12.9. The molecule has 1 aromatic heterocycles. The summed E-state index contributed by atoms with van der Waals surface area (Å²) in [5.41, 5.74) is 7.14. The third-order valence-electron chi connectivity index (χ3n) is 4.22. The van der Waals surface area contributed by atoms with E-state index in [0.29, 0.717) is 21.8 Å². The second kappa shape index (κ2) is 9.19. The van der Waals surface area contributed by atoms with Crippen molar-refractivity contribution in [2.24, 2.45) is 5.73 Å². The van der Waals surface area contributed by atoms with Gasteiger partial charge in [-0.2, -0.15) is 0 Å². The number of amides is 1. The van der Waals surface area contributed by atoms with Crippen LogP contribution < -0.4 is 15.2 Å². The van der Waals surface area contributed by atoms with Crippen molar-refractivity contribution in [2.45, 2.75) is 30.9 Å². The minimum absolute atomic E-state index is 0.177. The van der Waals surface area contributed by atoms with Crippen molar-refractivity contribution in [1.29, 1.82) is 0 Å². The number of rotatable bonds is 8. The molecule has 0 unspecified atom stereocenters. The van der Waals surface area contributed by atoms with E-state index in [1.54, 1.807) is 14.0 Å². The quantitative estimate of drug-likeness (QED) is 0.544. The minimum Gasteiger partial charge on any atom is -0.497 e. The number of carbonyl (C=O) groups excluding carboxylic acids is 1. The molecule has 152 valence electrons. The Morgan fingerprint density at radius 3 is 2.52 bits per heavy atom. The van der Waals surface area contributed by atoms with Crippen LogP contribution in [0.5, 0.6) is 11.5 Å². The number of ether oxygens (including phenoxy) is 2. The summed E-state index contributed by atoms with van der Waals surface area (Å²) in [6.07, 6.45) is 0. The summed E-state index contributed by atoms with van der Waals surface area (Å²) in [5.74, 6) is 1.55. The van der Waals surface area contributed by atoms with Crippen molar-refractivity contribution >= 4 is 29.3 Å². The third kappa shape index (κ3) is 5.02. The van der Waals surface area contributed by atoms with Gasteiger partial charge in [-0.1, -0.05) is 29.4 Å². The Kier molecular flexibility index (Phi) is 6.66. The van der Waals surface area contributed by atoms with Gasteiger partial charge in [0, 0.05) is 5.02 Å². The lowest BCUT2D eigenvalue weighted by Crippen LogP contribution is -2.23. The van der Waals surface area contributed by atoms with Crippen LogP contribution in [0.2, 0.25) is 5.02 Å². The van der Waals surface area contributed by atoms with Crippen LogP contribution in [-0.4, -0.2) is 33.0 Å². The molecule has 3 aromatic rings. The van der Waals surface area contributed by atoms with E-state index in [1.165, 1.54) is 11.8 Å². The maximum absolute atomic E-state index is 11.5. The van der Waals surface area contributed by atoms with Gasteiger partial charge in [-0.3, -0.25) is 9.36 Å². The fourth-order valence-corrected chi connectivity index (χ4v) is 3.50. The van der Waals surface area contributed by atoms with E-state index >= 15 is 0 Å². The minimum atomic E-state index is -0.464. The first-order chi connectivity index (χ1) is 13.9. The SMILES string of the molecule is COc1ccc(OCc2nnc(S[C@H](C)C(N)=O)n2-c2ccc(C)c(Cl)c2)cc1. The molecule has 0 saturated carbocycles. The van der Waals surface area contributed by atoms with Crippen LogP contribution in [-0.2, 0) is 11.4 Å². The van der Waals surface area contributed by atoms with Crippen LogP contribution in [0.4, 0.5) is 0 Å². The van der Waals surface area contributed by atoms with Gasteiger partial charge in [0.05, 0.1) is 18.0 Å². The normalized spacial score (nSPS) is 11.9. The molecule has 1 atom stereocenters. The highest BCUT2D eigenvalue weighted by atomic mass is 35.5. The van der Waals surface area contributed by atoms with Gasteiger partial charge in [0.25, 0.3) is 0 Å². The Labute approximate surface area is 178 Å². The number of methoxy groups -OCH3 is 1. The van der Waals surface area contributed by atoms with E-state index in [1.807, 2.05) is 54.0 Å². The molecule has 7 nitrogen and oxygen atoms in total. The highest BCUT2D eigenvalue weighted by Crippen LogP contribution is 2.28. The number of carbonyl (C=O) groups is 1. The largest absolute Gasteiger partial charge is 0.497 e. The molecule has 2 aromatic carbocycles. The Hall–Kier alpha value is -2.71. The maximum Gasteiger partial charge on any atom is 0.230 e. The first-order valence-corrected chi connectivity index (χ1v) is 10.1. The van der Waals surface area contributed by atoms with Crippen LogP contribution in [0.25, 0.3) is 5.69 Å². The van der Waals surface area contributed by atoms with Gasteiger partial charge in [-0.25, -0.2) is 0 Å². The van der Waals surface area contributed by atoms with Crippen LogP contribution in [0, 0.1) is 6.92 Å². The number of hydrogen-bond acceptors (Lipinski definition) is 6. The zero-order valence-corrected chi connectivity index (χ0v) is 17.8. The van der Waals surface area contributed by atoms with Crippen molar-refractivity contribution in [3.05, 3.63) is 58.9 Å². The van der Waals surface area contributed by atoms with E-state index in [-0.39, 0.29) is 6.61 Å². The summed E-state index contributed by atoms with van der Waals surface area (Å²) in [7, 11) is 1.61. The van der Waals surface area contributed by atoms with Crippen molar-refractivity contribution in [2.75, 3.05) is 7.11 Å². The van der Waals surface area contributed by atoms with E-state index in [2.05, 4.69) is 10.2 Å². The predicted molar refractivity (Wildman–Crippen MR) is 113 cm³/mol. The monoisotopic (exact) mass is 432 g/mol. The number of nitrogens with two attached hydrogens (primary N) is 1. The molecule has 0 radical (unpaired) electrons. The van der Waals surface area contributed by atoms with Crippen molar-refractivity contribution in [1.82, 2.24) is 14.8 Å². The first-order valence-electron chi connectivity index (χ1n) is 8.82. The number of primary amides is 1. The third-order valence-corrected chi connectivity index (χ3v) is 5.69. The number of halogens is 1. The average Bonchev–Trinajstić information content (AvgIpc) is 3.11. The highest BCUT2D eigenvalue weighted by molar-refractivity contribution is 8.00. The number of thioether (sulfide) groups is 1. The highest BCUT2D eigenvalue weighted by Gasteiger charge is 2.20. The van der Waals surface area contributed by atoms with Crippen LogP contribution in [0.3, 0.4) is 0 Å². The molecule has 0 aliphatic rings. The van der Waals surface area contributed by atoms with Gasteiger partial charge in [-0.15, -0.1) is 10.2 Å². The molecule has 29 heavy (non-hydrogen) atoms. The van der Waals surface area contributed by atoms with E-state index < -0.39 is 11.2 Å². The topological polar surface area (TPSA) is 92.3 Å². The summed E-state index contributed by atoms with van der Waals surface area (Å²) >= 11 is 7.55. The molecule has 0 bridgehead atoms. The maximum atomic E-state index is 11.5. The second-order valence-corrected chi connectivity index (χ2v) is 8.01. The van der Waals surface area contributed by atoms with Gasteiger partial charge >= 0.3 is 0 Å². The number of hydrogen-bond donors (Lipinski definition) is 1. The Bertz CT molecular complexity index is 1010. The van der Waals surface area contributed by atoms with Crippen molar-refractivity contribution in [3.63, 3.8) is 0 Å². The molecule has 2 N–H and O–H groups in total. The Morgan fingerprint density at radius 1 is 1.21 bits per heavy atom. The molecular weight excluding hydrogens is 412 g/mol. The van der Waals surface area contributed by atoms with Gasteiger partial charge in [0.15, 0.2) is 11.0 Å². The van der Waals surface area contributed by atoms with Gasteiger partial charge in [-0.05, 0) is 55.8 Å². The van der Waals surface area contributed by atoms with Gasteiger partial charge in [0.2, 0.25) is 5.91 Å². The predicted octanol–water partition coefficient (Wildman–Crippen LogP) is 3.78. The fourth-order valence-electron chi connectivity index (χ4n) is 2.49. The number of aromatic nitrogens is 3. The lowest BCUT2D eigenvalue weighted by Gasteiger charge is -2.13. The standard InChI is InChI=1S/C20H21ClN4O3S/c1-12-4-5-14(10-17(12)21)25-18(23-24-20(25)29-13(2)19(22)26)11-28-16-8-6-15(27-3)7-9-16/h4-10,13H,11H2,1-3H3,(H2,22,26)/t13-/m1/s1. The molecule has 0 fully saturated rings. The van der Waals surface area contributed by atoms with E-state index in [9.17, 15) is 4.79 Å². The van der Waals surface area contributed by atoms with Crippen LogP contribution in [0.1, 0.15) is 18.3 Å². The zero-order chi connectivity index (χ0) is 21.0. The van der Waals surface area contributed by atoms with Crippen molar-refractivity contribution in [3.8, 4) is 17.2 Å². The van der Waals surface area contributed by atoms with Crippen LogP contribution >= 0.6 is 23.4 Å². The molecule has 1 heterocycles. The van der Waals surface area contributed by atoms with Crippen molar-refractivity contribution < 1.29 is 14.3 Å². The van der Waals surface area contributed by atoms with Gasteiger partial charge in [0.1, 0.15) is 18.1 Å². The van der Waals surface area contributed by atoms with Crippen LogP contribution in [0.15, 0.2) is 47.6 Å². The van der Waals surface area contributed by atoms with E-state index in [0.717, 1.165) is 17.0 Å². The molecule has 1 amide bonds. The molecule has 0 aliphatic carbocycles. The van der Waals surface area contributed by atoms with E-state index in [4.69, 9.17) is 26.8 Å². The summed E-state index contributed by atoms with van der Waals surface area (Å²) in [4.78, 5) is 11.5. The molecular formula is C20H21ClN4O3S. The molecule has 0 spiro atoms. The Balaban J connectivity index is 1.91. The zero-order valence-electron chi connectivity index (χ0n) is 16.3. The smallest absolute Gasteiger partial charge is 0.230 e. The Morgan fingerprint density at radius 2 is 1.90 bits per heavy atom. The number of aryl methyl sites for hydroxylation is 1. The summed E-state index contributed by atoms with van der Waals surface area (Å²) in [6.45, 7) is 3.83. The summed E-state index contributed by atoms with van der Waals surface area (Å²) in [5, 5.41) is 9.18. The lowest BCUT2D eigenvalue weighted by atomic mass is 10.2. The molecule has 0 saturated heterocycles. The number of benzene rings is 2. The van der Waals surface area contributed by atoms with Gasteiger partial charge < -0.3 is 15.2 Å². The average molecular weight is 433 g/mol. The second-order valence-electron chi connectivity index (χ2n) is 6.29. The summed E-state index contributed by atoms with van der Waals surface area (Å²) < 4.78 is 12.8.